The molecule has 0 radical (unpaired) electrons. The maximum absolute atomic E-state index is 12.5. The molecule has 2 amide bonds. The quantitative estimate of drug-likeness (QED) is 0.761. The van der Waals surface area contributed by atoms with Crippen LogP contribution >= 0.6 is 0 Å². The SMILES string of the molecule is C[C@@H](Oc1cccc2c1CCCC2)C(=O)NCc1ccc(CN2CCCC2=O)cc1. The van der Waals surface area contributed by atoms with Crippen molar-refractivity contribution >= 4 is 11.8 Å². The summed E-state index contributed by atoms with van der Waals surface area (Å²) in [6.45, 7) is 3.77. The lowest BCUT2D eigenvalue weighted by molar-refractivity contribution is -0.128. The lowest BCUT2D eigenvalue weighted by atomic mass is 9.91. The molecule has 5 heteroatoms. The number of nitrogens with one attached hydrogen (secondary N) is 1. The average Bonchev–Trinajstić information content (AvgIpc) is 3.17. The van der Waals surface area contributed by atoms with E-state index in [9.17, 15) is 9.59 Å². The predicted molar refractivity (Wildman–Crippen MR) is 116 cm³/mol. The Balaban J connectivity index is 1.28. The Morgan fingerprint density at radius 1 is 1.03 bits per heavy atom. The Bertz CT molecular complexity index is 907. The second-order valence-corrected chi connectivity index (χ2v) is 8.31. The van der Waals surface area contributed by atoms with E-state index in [0.29, 0.717) is 19.5 Å². The topological polar surface area (TPSA) is 58.6 Å². The summed E-state index contributed by atoms with van der Waals surface area (Å²) in [6, 6.07) is 14.2. The van der Waals surface area contributed by atoms with Crippen LogP contribution in [-0.4, -0.2) is 29.4 Å². The van der Waals surface area contributed by atoms with Crippen molar-refractivity contribution in [2.24, 2.45) is 0 Å². The molecule has 0 spiro atoms. The number of aryl methyl sites for hydroxylation is 1. The molecule has 158 valence electrons. The molecule has 1 saturated heterocycles. The highest BCUT2D eigenvalue weighted by molar-refractivity contribution is 5.80. The molecule has 4 rings (SSSR count). The molecule has 2 aliphatic rings. The van der Waals surface area contributed by atoms with Gasteiger partial charge in [0.25, 0.3) is 5.91 Å². The molecule has 2 aromatic carbocycles. The molecule has 0 bridgehead atoms. The zero-order chi connectivity index (χ0) is 20.9. The van der Waals surface area contributed by atoms with Gasteiger partial charge in [0, 0.05) is 26.1 Å². The third-order valence-corrected chi connectivity index (χ3v) is 6.06. The second-order valence-electron chi connectivity index (χ2n) is 8.31. The fourth-order valence-electron chi connectivity index (χ4n) is 4.29. The van der Waals surface area contributed by atoms with Crippen LogP contribution in [0.25, 0.3) is 0 Å². The number of nitrogens with zero attached hydrogens (tertiary/aromatic N) is 1. The number of rotatable bonds is 7. The number of carbonyl (C=O) groups excluding carboxylic acids is 2. The van der Waals surface area contributed by atoms with Gasteiger partial charge >= 0.3 is 0 Å². The minimum atomic E-state index is -0.543. The molecular weight excluding hydrogens is 376 g/mol. The molecule has 1 aliphatic carbocycles. The highest BCUT2D eigenvalue weighted by Gasteiger charge is 2.21. The third-order valence-electron chi connectivity index (χ3n) is 6.06. The number of carbonyl (C=O) groups is 2. The van der Waals surface area contributed by atoms with E-state index in [2.05, 4.69) is 11.4 Å². The van der Waals surface area contributed by atoms with Crippen LogP contribution in [-0.2, 0) is 35.5 Å². The lowest BCUT2D eigenvalue weighted by Crippen LogP contribution is -2.36. The molecule has 1 heterocycles. The molecule has 2 aromatic rings. The smallest absolute Gasteiger partial charge is 0.261 e. The summed E-state index contributed by atoms with van der Waals surface area (Å²) in [5.41, 5.74) is 4.76. The zero-order valence-electron chi connectivity index (χ0n) is 17.7. The summed E-state index contributed by atoms with van der Waals surface area (Å²) in [5.74, 6) is 0.964. The predicted octanol–water partition coefficient (Wildman–Crippen LogP) is 3.77. The first-order chi connectivity index (χ1) is 14.6. The van der Waals surface area contributed by atoms with Crippen LogP contribution in [0.1, 0.15) is 54.9 Å². The van der Waals surface area contributed by atoms with Gasteiger partial charge in [0.15, 0.2) is 6.10 Å². The third kappa shape index (κ3) is 4.84. The van der Waals surface area contributed by atoms with Crippen molar-refractivity contribution in [3.8, 4) is 5.75 Å². The Morgan fingerprint density at radius 2 is 1.80 bits per heavy atom. The second kappa shape index (κ2) is 9.33. The van der Waals surface area contributed by atoms with E-state index in [4.69, 9.17) is 4.74 Å². The van der Waals surface area contributed by atoms with E-state index in [1.807, 2.05) is 41.3 Å². The number of fused-ring (bicyclic) bond motifs is 1. The summed E-state index contributed by atoms with van der Waals surface area (Å²) < 4.78 is 6.02. The summed E-state index contributed by atoms with van der Waals surface area (Å²) in [5, 5.41) is 2.97. The average molecular weight is 407 g/mol. The van der Waals surface area contributed by atoms with E-state index >= 15 is 0 Å². The van der Waals surface area contributed by atoms with Gasteiger partial charge in [0.1, 0.15) is 5.75 Å². The number of ether oxygens (including phenoxy) is 1. The van der Waals surface area contributed by atoms with Gasteiger partial charge in [-0.1, -0.05) is 36.4 Å². The van der Waals surface area contributed by atoms with E-state index in [1.54, 1.807) is 6.92 Å². The summed E-state index contributed by atoms with van der Waals surface area (Å²) in [4.78, 5) is 26.2. The maximum Gasteiger partial charge on any atom is 0.261 e. The molecule has 0 unspecified atom stereocenters. The zero-order valence-corrected chi connectivity index (χ0v) is 17.7. The molecule has 1 atom stereocenters. The highest BCUT2D eigenvalue weighted by Crippen LogP contribution is 2.30. The van der Waals surface area contributed by atoms with E-state index < -0.39 is 6.10 Å². The molecule has 5 nitrogen and oxygen atoms in total. The molecule has 0 saturated carbocycles. The fourth-order valence-corrected chi connectivity index (χ4v) is 4.29. The maximum atomic E-state index is 12.5. The molecule has 1 fully saturated rings. The standard InChI is InChI=1S/C25H30N2O3/c1-18(30-23-9-4-7-21-6-2-3-8-22(21)23)25(29)26-16-19-11-13-20(14-12-19)17-27-15-5-10-24(27)28/h4,7,9,11-14,18H,2-3,5-6,8,10,15-17H2,1H3,(H,26,29)/t18-/m1/s1. The van der Waals surface area contributed by atoms with Gasteiger partial charge in [-0.3, -0.25) is 9.59 Å². The molecular formula is C25H30N2O3. The Labute approximate surface area is 178 Å². The van der Waals surface area contributed by atoms with Crippen LogP contribution in [0.4, 0.5) is 0 Å². The molecule has 0 aromatic heterocycles. The largest absolute Gasteiger partial charge is 0.481 e. The van der Waals surface area contributed by atoms with Crippen molar-refractivity contribution in [3.05, 3.63) is 64.7 Å². The first-order valence-corrected chi connectivity index (χ1v) is 11.0. The van der Waals surface area contributed by atoms with Crippen LogP contribution < -0.4 is 10.1 Å². The number of likely N-dealkylation sites (tertiary alicyclic amines) is 1. The molecule has 30 heavy (non-hydrogen) atoms. The normalized spacial score (nSPS) is 16.8. The summed E-state index contributed by atoms with van der Waals surface area (Å²) in [7, 11) is 0. The summed E-state index contributed by atoms with van der Waals surface area (Å²) >= 11 is 0. The highest BCUT2D eigenvalue weighted by atomic mass is 16.5. The van der Waals surface area contributed by atoms with Crippen molar-refractivity contribution in [2.45, 2.75) is 64.6 Å². The fraction of sp³-hybridized carbons (Fsp3) is 0.440. The van der Waals surface area contributed by atoms with E-state index in [1.165, 1.54) is 24.0 Å². The number of hydrogen-bond donors (Lipinski definition) is 1. The number of hydrogen-bond acceptors (Lipinski definition) is 3. The Kier molecular flexibility index (Phi) is 6.36. The molecule has 1 aliphatic heterocycles. The van der Waals surface area contributed by atoms with Crippen LogP contribution in [0.5, 0.6) is 5.75 Å². The van der Waals surface area contributed by atoms with Crippen molar-refractivity contribution in [3.63, 3.8) is 0 Å². The monoisotopic (exact) mass is 406 g/mol. The first kappa shape index (κ1) is 20.5. The lowest BCUT2D eigenvalue weighted by Gasteiger charge is -2.22. The van der Waals surface area contributed by atoms with Crippen LogP contribution in [0.2, 0.25) is 0 Å². The van der Waals surface area contributed by atoms with Gasteiger partial charge in [0.05, 0.1) is 0 Å². The van der Waals surface area contributed by atoms with Gasteiger partial charge in [0.2, 0.25) is 5.91 Å². The van der Waals surface area contributed by atoms with Crippen LogP contribution in [0.3, 0.4) is 0 Å². The van der Waals surface area contributed by atoms with Gasteiger partial charge in [-0.25, -0.2) is 0 Å². The summed E-state index contributed by atoms with van der Waals surface area (Å²) in [6.07, 6.45) is 5.59. The van der Waals surface area contributed by atoms with Gasteiger partial charge in [-0.2, -0.15) is 0 Å². The van der Waals surface area contributed by atoms with Crippen molar-refractivity contribution in [1.29, 1.82) is 0 Å². The number of amides is 2. The van der Waals surface area contributed by atoms with Gasteiger partial charge in [-0.05, 0) is 67.3 Å². The Morgan fingerprint density at radius 3 is 2.57 bits per heavy atom. The first-order valence-electron chi connectivity index (χ1n) is 11.0. The van der Waals surface area contributed by atoms with Crippen molar-refractivity contribution in [1.82, 2.24) is 10.2 Å². The van der Waals surface area contributed by atoms with Crippen LogP contribution in [0, 0.1) is 0 Å². The minimum absolute atomic E-state index is 0.116. The minimum Gasteiger partial charge on any atom is -0.481 e. The Hall–Kier alpha value is -2.82. The van der Waals surface area contributed by atoms with Crippen molar-refractivity contribution < 1.29 is 14.3 Å². The van der Waals surface area contributed by atoms with Crippen LogP contribution in [0.15, 0.2) is 42.5 Å². The van der Waals surface area contributed by atoms with Gasteiger partial charge in [-0.15, -0.1) is 0 Å². The van der Waals surface area contributed by atoms with Gasteiger partial charge < -0.3 is 15.0 Å². The number of benzene rings is 2. The van der Waals surface area contributed by atoms with E-state index in [-0.39, 0.29) is 11.8 Å². The van der Waals surface area contributed by atoms with Crippen molar-refractivity contribution in [2.75, 3.05) is 6.54 Å². The molecule has 1 N–H and O–H groups in total. The van der Waals surface area contributed by atoms with E-state index in [0.717, 1.165) is 42.7 Å².